The lowest BCUT2D eigenvalue weighted by Crippen LogP contribution is -2.08. The molecule has 4 nitrogen and oxygen atoms in total. The number of hydrogen-bond donors (Lipinski definition) is 2. The molecule has 0 atom stereocenters. The van der Waals surface area contributed by atoms with Gasteiger partial charge in [-0.25, -0.2) is 22.4 Å². The van der Waals surface area contributed by atoms with Gasteiger partial charge in [0.25, 0.3) is 0 Å². The van der Waals surface area contributed by atoms with Gasteiger partial charge in [0, 0.05) is 0 Å². The fourth-order valence-corrected chi connectivity index (χ4v) is 1.73. The first-order valence-corrected chi connectivity index (χ1v) is 5.20. The molecule has 8 heteroatoms. The molecule has 1 aromatic carbocycles. The van der Waals surface area contributed by atoms with Gasteiger partial charge in [-0.15, -0.1) is 0 Å². The molecule has 0 radical (unpaired) electrons. The van der Waals surface area contributed by atoms with Crippen LogP contribution in [0.2, 0.25) is 0 Å². The van der Waals surface area contributed by atoms with Crippen molar-refractivity contribution in [1.29, 1.82) is 0 Å². The van der Waals surface area contributed by atoms with Crippen LogP contribution in [0.15, 0.2) is 0 Å². The summed E-state index contributed by atoms with van der Waals surface area (Å²) < 4.78 is 57.9. The van der Waals surface area contributed by atoms with Crippen LogP contribution in [0, 0.1) is 23.3 Å². The van der Waals surface area contributed by atoms with Gasteiger partial charge in [0.1, 0.15) is 11.4 Å². The number of benzene rings is 1. The van der Waals surface area contributed by atoms with E-state index in [1.54, 1.807) is 0 Å². The zero-order chi connectivity index (χ0) is 14.3. The highest BCUT2D eigenvalue weighted by molar-refractivity contribution is 6.09. The van der Waals surface area contributed by atoms with E-state index in [9.17, 15) is 22.4 Å². The third kappa shape index (κ3) is 1.79. The summed E-state index contributed by atoms with van der Waals surface area (Å²) in [4.78, 5) is 13.7. The monoisotopic (exact) mass is 276 g/mol. The number of nitrogens with one attached hydrogen (secondary N) is 1. The van der Waals surface area contributed by atoms with Crippen LogP contribution in [0.3, 0.4) is 0 Å². The number of ether oxygens (including phenoxy) is 1. The number of aromatic nitrogens is 1. The largest absolute Gasteiger partial charge is 0.462 e. The summed E-state index contributed by atoms with van der Waals surface area (Å²) in [5.74, 6) is -8.86. The molecule has 0 amide bonds. The maximum Gasteiger partial charge on any atom is 0.342 e. The molecular formula is C11H8F4N2O2. The molecule has 0 fully saturated rings. The Morgan fingerprint density at radius 2 is 1.74 bits per heavy atom. The second kappa shape index (κ2) is 4.45. The van der Waals surface area contributed by atoms with Crippen molar-refractivity contribution >= 4 is 22.7 Å². The molecule has 2 aromatic rings. The summed E-state index contributed by atoms with van der Waals surface area (Å²) in [6.45, 7) is 1.44. The van der Waals surface area contributed by atoms with Crippen molar-refractivity contribution in [2.45, 2.75) is 6.92 Å². The van der Waals surface area contributed by atoms with E-state index in [0.29, 0.717) is 0 Å². The second-order valence-corrected chi connectivity index (χ2v) is 3.64. The molecule has 3 N–H and O–H groups in total. The molecule has 0 unspecified atom stereocenters. The van der Waals surface area contributed by atoms with E-state index in [1.165, 1.54) is 6.92 Å². The number of H-pyrrole nitrogens is 1. The summed E-state index contributed by atoms with van der Waals surface area (Å²) >= 11 is 0. The molecular weight excluding hydrogens is 268 g/mol. The number of aromatic amines is 1. The summed E-state index contributed by atoms with van der Waals surface area (Å²) in [6.07, 6.45) is 0. The smallest absolute Gasteiger partial charge is 0.342 e. The third-order valence-corrected chi connectivity index (χ3v) is 2.53. The Labute approximate surface area is 104 Å². The molecule has 19 heavy (non-hydrogen) atoms. The Morgan fingerprint density at radius 1 is 1.16 bits per heavy atom. The molecule has 0 saturated heterocycles. The van der Waals surface area contributed by atoms with Crippen molar-refractivity contribution in [1.82, 2.24) is 4.98 Å². The van der Waals surface area contributed by atoms with E-state index in [-0.39, 0.29) is 6.61 Å². The quantitative estimate of drug-likeness (QED) is 0.383. The number of carbonyl (C=O) groups is 1. The first kappa shape index (κ1) is 13.2. The van der Waals surface area contributed by atoms with Crippen molar-refractivity contribution < 1.29 is 27.1 Å². The van der Waals surface area contributed by atoms with Gasteiger partial charge in [0.2, 0.25) is 0 Å². The highest BCUT2D eigenvalue weighted by Gasteiger charge is 2.28. The Morgan fingerprint density at radius 3 is 2.32 bits per heavy atom. The van der Waals surface area contributed by atoms with Gasteiger partial charge < -0.3 is 15.5 Å². The van der Waals surface area contributed by atoms with E-state index < -0.39 is 51.5 Å². The van der Waals surface area contributed by atoms with Crippen LogP contribution in [-0.4, -0.2) is 17.6 Å². The normalized spacial score (nSPS) is 11.0. The Balaban J connectivity index is 2.87. The number of carbonyl (C=O) groups excluding carboxylic acids is 1. The second-order valence-electron chi connectivity index (χ2n) is 3.64. The lowest BCUT2D eigenvalue weighted by molar-refractivity contribution is 0.0529. The minimum absolute atomic E-state index is 0.0429. The van der Waals surface area contributed by atoms with Crippen LogP contribution < -0.4 is 5.73 Å². The van der Waals surface area contributed by atoms with Crippen LogP contribution in [0.25, 0.3) is 10.9 Å². The van der Waals surface area contributed by atoms with Crippen LogP contribution in [0.4, 0.5) is 23.4 Å². The van der Waals surface area contributed by atoms with Crippen LogP contribution in [0.1, 0.15) is 17.3 Å². The number of halogens is 4. The highest BCUT2D eigenvalue weighted by Crippen LogP contribution is 2.32. The Kier molecular flexibility index (Phi) is 3.09. The van der Waals surface area contributed by atoms with Crippen LogP contribution in [0.5, 0.6) is 0 Å². The summed E-state index contributed by atoms with van der Waals surface area (Å²) in [6, 6.07) is 0. The number of nitrogens with two attached hydrogens (primary N) is 1. The van der Waals surface area contributed by atoms with Crippen molar-refractivity contribution in [3.05, 3.63) is 28.8 Å². The van der Waals surface area contributed by atoms with E-state index in [2.05, 4.69) is 9.72 Å². The SMILES string of the molecule is CCOC(=O)c1c(N)[nH]c2c(F)c(F)c(F)c(F)c12. The maximum atomic E-state index is 13.6. The summed E-state index contributed by atoms with van der Waals surface area (Å²) in [7, 11) is 0. The molecule has 102 valence electrons. The minimum Gasteiger partial charge on any atom is -0.462 e. The average Bonchev–Trinajstić information content (AvgIpc) is 2.72. The van der Waals surface area contributed by atoms with Crippen molar-refractivity contribution in [2.24, 2.45) is 0 Å². The fraction of sp³-hybridized carbons (Fsp3) is 0.182. The predicted octanol–water partition coefficient (Wildman–Crippen LogP) is 2.48. The number of anilines is 1. The number of fused-ring (bicyclic) bond motifs is 1. The van der Waals surface area contributed by atoms with E-state index in [1.807, 2.05) is 0 Å². The molecule has 2 rings (SSSR count). The first-order chi connectivity index (χ1) is 8.90. The maximum absolute atomic E-state index is 13.6. The van der Waals surface area contributed by atoms with Gasteiger partial charge >= 0.3 is 5.97 Å². The molecule has 0 aliphatic carbocycles. The molecule has 1 heterocycles. The highest BCUT2D eigenvalue weighted by atomic mass is 19.2. The molecule has 0 bridgehead atoms. The predicted molar refractivity (Wildman–Crippen MR) is 58.5 cm³/mol. The standard InChI is InChI=1S/C11H8F4N2O2/c1-2-19-11(18)4-3-5(12)6(13)7(14)8(15)9(3)17-10(4)16/h17H,2,16H2,1H3. The Hall–Kier alpha value is -2.25. The van der Waals surface area contributed by atoms with Crippen molar-refractivity contribution in [3.63, 3.8) is 0 Å². The molecule has 1 aromatic heterocycles. The van der Waals surface area contributed by atoms with Gasteiger partial charge in [-0.1, -0.05) is 0 Å². The average molecular weight is 276 g/mol. The van der Waals surface area contributed by atoms with Gasteiger partial charge in [-0.3, -0.25) is 0 Å². The Bertz CT molecular complexity index is 681. The lowest BCUT2D eigenvalue weighted by Gasteiger charge is -2.03. The molecule has 0 aliphatic heterocycles. The van der Waals surface area contributed by atoms with E-state index in [0.717, 1.165) is 0 Å². The van der Waals surface area contributed by atoms with Gasteiger partial charge in [0.15, 0.2) is 23.3 Å². The molecule has 0 spiro atoms. The van der Waals surface area contributed by atoms with Crippen molar-refractivity contribution in [3.8, 4) is 0 Å². The number of hydrogen-bond acceptors (Lipinski definition) is 3. The number of rotatable bonds is 2. The molecule has 0 saturated carbocycles. The molecule has 0 aliphatic rings. The number of nitrogen functional groups attached to an aromatic ring is 1. The van der Waals surface area contributed by atoms with Gasteiger partial charge in [-0.2, -0.15) is 0 Å². The lowest BCUT2D eigenvalue weighted by atomic mass is 10.1. The first-order valence-electron chi connectivity index (χ1n) is 5.20. The fourth-order valence-electron chi connectivity index (χ4n) is 1.73. The summed E-state index contributed by atoms with van der Waals surface area (Å²) in [5.41, 5.74) is 4.10. The number of esters is 1. The minimum atomic E-state index is -2.02. The van der Waals surface area contributed by atoms with Crippen molar-refractivity contribution in [2.75, 3.05) is 12.3 Å². The zero-order valence-corrected chi connectivity index (χ0v) is 9.61. The zero-order valence-electron chi connectivity index (χ0n) is 9.61. The summed E-state index contributed by atoms with van der Waals surface area (Å²) in [5, 5.41) is -0.771. The van der Waals surface area contributed by atoms with Gasteiger partial charge in [0.05, 0.1) is 17.5 Å². The van der Waals surface area contributed by atoms with Crippen LogP contribution >= 0.6 is 0 Å². The van der Waals surface area contributed by atoms with Crippen LogP contribution in [-0.2, 0) is 4.74 Å². The topological polar surface area (TPSA) is 68.1 Å². The van der Waals surface area contributed by atoms with E-state index >= 15 is 0 Å². The van der Waals surface area contributed by atoms with E-state index in [4.69, 9.17) is 5.73 Å². The third-order valence-electron chi connectivity index (χ3n) is 2.53. The van der Waals surface area contributed by atoms with Gasteiger partial charge in [-0.05, 0) is 6.92 Å².